The van der Waals surface area contributed by atoms with Crippen molar-refractivity contribution < 1.29 is 9.47 Å². The summed E-state index contributed by atoms with van der Waals surface area (Å²) < 4.78 is 12.0. The van der Waals surface area contributed by atoms with Gasteiger partial charge in [-0.2, -0.15) is 0 Å². The van der Waals surface area contributed by atoms with E-state index in [1.807, 2.05) is 6.07 Å². The van der Waals surface area contributed by atoms with Crippen LogP contribution in [0, 0.1) is 5.41 Å². The van der Waals surface area contributed by atoms with Crippen molar-refractivity contribution in [3.05, 3.63) is 22.2 Å². The minimum Gasteiger partial charge on any atom is -0.454 e. The van der Waals surface area contributed by atoms with Crippen molar-refractivity contribution in [1.82, 2.24) is 10.2 Å². The molecule has 3 aliphatic rings. The Morgan fingerprint density at radius 3 is 2.81 bits per heavy atom. The van der Waals surface area contributed by atoms with Gasteiger partial charge in [-0.05, 0) is 49.0 Å². The van der Waals surface area contributed by atoms with Gasteiger partial charge in [0.15, 0.2) is 11.5 Å². The molecule has 116 valence electrons. The molecular weight excluding hydrogens is 356 g/mol. The van der Waals surface area contributed by atoms with Crippen LogP contribution in [0.4, 0.5) is 0 Å². The number of hydrogen-bond acceptors (Lipinski definition) is 4. The number of rotatable bonds is 2. The van der Waals surface area contributed by atoms with E-state index in [1.165, 1.54) is 44.6 Å². The highest BCUT2D eigenvalue weighted by Crippen LogP contribution is 2.40. The van der Waals surface area contributed by atoms with E-state index in [2.05, 4.69) is 32.2 Å². The maximum Gasteiger partial charge on any atom is 0.231 e. The molecular formula is C15H20BrClN2O2. The number of hydrogen-bond donors (Lipinski definition) is 1. The summed E-state index contributed by atoms with van der Waals surface area (Å²) in [4.78, 5) is 2.56. The van der Waals surface area contributed by atoms with Crippen molar-refractivity contribution in [2.75, 3.05) is 33.0 Å². The first-order valence-corrected chi connectivity index (χ1v) is 8.05. The number of fused-ring (bicyclic) bond motifs is 1. The zero-order valence-electron chi connectivity index (χ0n) is 11.9. The zero-order valence-corrected chi connectivity index (χ0v) is 14.3. The molecule has 1 aromatic carbocycles. The molecule has 0 aliphatic carbocycles. The summed E-state index contributed by atoms with van der Waals surface area (Å²) in [5, 5.41) is 3.51. The van der Waals surface area contributed by atoms with Crippen LogP contribution in [0.5, 0.6) is 11.5 Å². The van der Waals surface area contributed by atoms with Gasteiger partial charge in [0.1, 0.15) is 0 Å². The Morgan fingerprint density at radius 1 is 1.24 bits per heavy atom. The minimum atomic E-state index is 0. The van der Waals surface area contributed by atoms with Gasteiger partial charge in [-0.15, -0.1) is 12.4 Å². The fraction of sp³-hybridized carbons (Fsp3) is 0.600. The van der Waals surface area contributed by atoms with E-state index in [1.54, 1.807) is 0 Å². The van der Waals surface area contributed by atoms with Gasteiger partial charge in [0.05, 0.1) is 0 Å². The lowest BCUT2D eigenvalue weighted by Crippen LogP contribution is -2.29. The zero-order chi connectivity index (χ0) is 13.6. The van der Waals surface area contributed by atoms with E-state index in [-0.39, 0.29) is 12.4 Å². The largest absolute Gasteiger partial charge is 0.454 e. The van der Waals surface area contributed by atoms with E-state index in [4.69, 9.17) is 9.47 Å². The molecule has 2 fully saturated rings. The summed E-state index contributed by atoms with van der Waals surface area (Å²) in [6.07, 6.45) is 2.65. The predicted molar refractivity (Wildman–Crippen MR) is 87.3 cm³/mol. The molecule has 1 spiro atoms. The second kappa shape index (κ2) is 5.95. The third kappa shape index (κ3) is 2.89. The summed E-state index contributed by atoms with van der Waals surface area (Å²) in [6.45, 7) is 6.10. The highest BCUT2D eigenvalue weighted by Gasteiger charge is 2.40. The van der Waals surface area contributed by atoms with Gasteiger partial charge in [-0.3, -0.25) is 4.90 Å². The first-order valence-electron chi connectivity index (χ1n) is 7.25. The van der Waals surface area contributed by atoms with Crippen LogP contribution in [-0.4, -0.2) is 37.9 Å². The lowest BCUT2D eigenvalue weighted by molar-refractivity contribution is 0.174. The normalized spacial score (nSPS) is 27.3. The average Bonchev–Trinajstić information content (AvgIpc) is 3.14. The highest BCUT2D eigenvalue weighted by molar-refractivity contribution is 9.10. The van der Waals surface area contributed by atoms with E-state index in [0.29, 0.717) is 12.2 Å². The third-order valence-corrected chi connectivity index (χ3v) is 5.52. The van der Waals surface area contributed by atoms with E-state index in [9.17, 15) is 0 Å². The van der Waals surface area contributed by atoms with Gasteiger partial charge < -0.3 is 14.8 Å². The van der Waals surface area contributed by atoms with Crippen molar-refractivity contribution in [3.8, 4) is 11.5 Å². The van der Waals surface area contributed by atoms with Crippen LogP contribution in [0.3, 0.4) is 0 Å². The Balaban J connectivity index is 0.00000132. The lowest BCUT2D eigenvalue weighted by atomic mass is 9.86. The molecule has 4 nitrogen and oxygen atoms in total. The van der Waals surface area contributed by atoms with Crippen molar-refractivity contribution in [2.24, 2.45) is 5.41 Å². The van der Waals surface area contributed by atoms with Gasteiger partial charge in [0.2, 0.25) is 6.79 Å². The summed E-state index contributed by atoms with van der Waals surface area (Å²) in [5.74, 6) is 1.72. The minimum absolute atomic E-state index is 0. The van der Waals surface area contributed by atoms with Crippen LogP contribution >= 0.6 is 28.3 Å². The SMILES string of the molecule is Brc1cc2c(cc1CN1CCC3(CCNC3)C1)OCO2.Cl. The van der Waals surface area contributed by atoms with Crippen molar-refractivity contribution in [1.29, 1.82) is 0 Å². The molecule has 1 aromatic rings. The van der Waals surface area contributed by atoms with Crippen LogP contribution < -0.4 is 14.8 Å². The third-order valence-electron chi connectivity index (χ3n) is 4.79. The molecule has 1 N–H and O–H groups in total. The Bertz CT molecular complexity index is 535. The Hall–Kier alpha value is -0.490. The van der Waals surface area contributed by atoms with Gasteiger partial charge in [-0.1, -0.05) is 15.9 Å². The van der Waals surface area contributed by atoms with Gasteiger partial charge in [-0.25, -0.2) is 0 Å². The lowest BCUT2D eigenvalue weighted by Gasteiger charge is -2.23. The molecule has 3 aliphatic heterocycles. The fourth-order valence-electron chi connectivity index (χ4n) is 3.63. The first-order chi connectivity index (χ1) is 9.74. The van der Waals surface area contributed by atoms with Gasteiger partial charge in [0.25, 0.3) is 0 Å². The molecule has 1 unspecified atom stereocenters. The quantitative estimate of drug-likeness (QED) is 0.862. The molecule has 0 bridgehead atoms. The van der Waals surface area contributed by atoms with Gasteiger partial charge >= 0.3 is 0 Å². The number of nitrogens with one attached hydrogen (secondary N) is 1. The molecule has 21 heavy (non-hydrogen) atoms. The number of ether oxygens (including phenoxy) is 2. The molecule has 2 saturated heterocycles. The number of likely N-dealkylation sites (tertiary alicyclic amines) is 1. The molecule has 0 saturated carbocycles. The summed E-state index contributed by atoms with van der Waals surface area (Å²) in [7, 11) is 0. The Kier molecular flexibility index (Phi) is 4.37. The topological polar surface area (TPSA) is 33.7 Å². The maximum absolute atomic E-state index is 5.48. The molecule has 0 radical (unpaired) electrons. The molecule has 1 atom stereocenters. The van der Waals surface area contributed by atoms with Crippen LogP contribution in [-0.2, 0) is 6.54 Å². The summed E-state index contributed by atoms with van der Waals surface area (Å²) >= 11 is 3.66. The summed E-state index contributed by atoms with van der Waals surface area (Å²) in [5.41, 5.74) is 1.82. The second-order valence-electron chi connectivity index (χ2n) is 6.18. The van der Waals surface area contributed by atoms with Gasteiger partial charge in [0, 0.05) is 24.1 Å². The van der Waals surface area contributed by atoms with E-state index >= 15 is 0 Å². The summed E-state index contributed by atoms with van der Waals surface area (Å²) in [6, 6.07) is 4.14. The number of nitrogens with zero attached hydrogens (tertiary/aromatic N) is 1. The fourth-order valence-corrected chi connectivity index (χ4v) is 4.08. The monoisotopic (exact) mass is 374 g/mol. The Morgan fingerprint density at radius 2 is 2.05 bits per heavy atom. The smallest absolute Gasteiger partial charge is 0.231 e. The molecule has 4 rings (SSSR count). The standard InChI is InChI=1S/C15H19BrN2O2.ClH/c16-12-6-14-13(19-10-20-14)5-11(12)7-18-4-2-15(9-18)1-3-17-8-15;/h5-6,17H,1-4,7-10H2;1H. The predicted octanol–water partition coefficient (Wildman–Crippen LogP) is 2.79. The van der Waals surface area contributed by atoms with Crippen molar-refractivity contribution >= 4 is 28.3 Å². The Labute approximate surface area is 139 Å². The maximum atomic E-state index is 5.48. The van der Waals surface area contributed by atoms with Crippen LogP contribution in [0.25, 0.3) is 0 Å². The number of benzene rings is 1. The highest BCUT2D eigenvalue weighted by atomic mass is 79.9. The second-order valence-corrected chi connectivity index (χ2v) is 7.04. The van der Waals surface area contributed by atoms with Crippen LogP contribution in [0.2, 0.25) is 0 Å². The van der Waals surface area contributed by atoms with E-state index < -0.39 is 0 Å². The molecule has 3 heterocycles. The van der Waals surface area contributed by atoms with Crippen LogP contribution in [0.15, 0.2) is 16.6 Å². The first kappa shape index (κ1) is 15.4. The molecule has 6 heteroatoms. The van der Waals surface area contributed by atoms with Crippen molar-refractivity contribution in [2.45, 2.75) is 19.4 Å². The number of halogens is 2. The van der Waals surface area contributed by atoms with E-state index in [0.717, 1.165) is 22.5 Å². The van der Waals surface area contributed by atoms with Crippen LogP contribution in [0.1, 0.15) is 18.4 Å². The van der Waals surface area contributed by atoms with Crippen molar-refractivity contribution in [3.63, 3.8) is 0 Å². The average molecular weight is 376 g/mol. The molecule has 0 amide bonds. The molecule has 0 aromatic heterocycles.